The van der Waals surface area contributed by atoms with Gasteiger partial charge in [0.25, 0.3) is 5.91 Å². The summed E-state index contributed by atoms with van der Waals surface area (Å²) in [5, 5.41) is 11.8. The number of anilines is 1. The van der Waals surface area contributed by atoms with Crippen LogP contribution in [0.4, 0.5) is 5.82 Å². The average Bonchev–Trinajstić information content (AvgIpc) is 2.96. The lowest BCUT2D eigenvalue weighted by Gasteiger charge is -2.03. The van der Waals surface area contributed by atoms with Crippen molar-refractivity contribution in [2.75, 3.05) is 18.8 Å². The molecule has 2 amide bonds. The summed E-state index contributed by atoms with van der Waals surface area (Å²) in [5.74, 6) is -0.833. The molecule has 4 N–H and O–H groups in total. The van der Waals surface area contributed by atoms with E-state index in [1.165, 1.54) is 6.08 Å². The van der Waals surface area contributed by atoms with Gasteiger partial charge in [0.15, 0.2) is 0 Å². The topological polar surface area (TPSA) is 123 Å². The molecule has 0 aliphatic carbocycles. The summed E-state index contributed by atoms with van der Waals surface area (Å²) >= 11 is 0. The van der Waals surface area contributed by atoms with Gasteiger partial charge < -0.3 is 16.4 Å². The fourth-order valence-corrected chi connectivity index (χ4v) is 1.59. The fraction of sp³-hybridized carbons (Fsp3) is 0.143. The van der Waals surface area contributed by atoms with Crippen LogP contribution >= 0.6 is 0 Å². The van der Waals surface area contributed by atoms with Crippen molar-refractivity contribution in [2.24, 2.45) is 0 Å². The van der Waals surface area contributed by atoms with Crippen molar-refractivity contribution in [1.29, 1.82) is 0 Å². The van der Waals surface area contributed by atoms with Gasteiger partial charge in [0, 0.05) is 19.2 Å². The SMILES string of the molecule is Nc1nonc1C(=O)NCCNC(=O)C=Cc1ccccc1. The Morgan fingerprint density at radius 1 is 1.14 bits per heavy atom. The minimum Gasteiger partial charge on any atom is -0.379 e. The number of hydrogen-bond acceptors (Lipinski definition) is 6. The van der Waals surface area contributed by atoms with Gasteiger partial charge in [-0.3, -0.25) is 9.59 Å². The van der Waals surface area contributed by atoms with Crippen molar-refractivity contribution >= 4 is 23.7 Å². The van der Waals surface area contributed by atoms with Crippen LogP contribution < -0.4 is 16.4 Å². The first-order valence-electron chi connectivity index (χ1n) is 6.54. The van der Waals surface area contributed by atoms with Gasteiger partial charge in [-0.05, 0) is 22.0 Å². The molecular formula is C14H15N5O3. The molecule has 1 aromatic heterocycles. The highest BCUT2D eigenvalue weighted by atomic mass is 16.6. The third-order valence-electron chi connectivity index (χ3n) is 2.67. The Balaban J connectivity index is 1.68. The highest BCUT2D eigenvalue weighted by Crippen LogP contribution is 2.02. The number of aromatic nitrogens is 2. The zero-order valence-corrected chi connectivity index (χ0v) is 11.7. The molecule has 0 radical (unpaired) electrons. The van der Waals surface area contributed by atoms with Crippen molar-refractivity contribution in [1.82, 2.24) is 20.9 Å². The second kappa shape index (κ2) is 7.58. The Morgan fingerprint density at radius 2 is 1.86 bits per heavy atom. The number of nitrogens with zero attached hydrogens (tertiary/aromatic N) is 2. The Bertz CT molecular complexity index is 666. The average molecular weight is 301 g/mol. The standard InChI is InChI=1S/C14H15N5O3/c15-13-12(18-22-19-13)14(21)17-9-8-16-11(20)7-6-10-4-2-1-3-5-10/h1-7H,8-9H2,(H2,15,19)(H,16,20)(H,17,21). The molecular weight excluding hydrogens is 286 g/mol. The van der Waals surface area contributed by atoms with Gasteiger partial charge in [0.2, 0.25) is 17.4 Å². The van der Waals surface area contributed by atoms with Crippen LogP contribution in [0.1, 0.15) is 16.1 Å². The number of carbonyl (C=O) groups is 2. The van der Waals surface area contributed by atoms with E-state index >= 15 is 0 Å². The Hall–Kier alpha value is -3.16. The lowest BCUT2D eigenvalue weighted by atomic mass is 10.2. The Kier molecular flexibility index (Phi) is 5.25. The van der Waals surface area contributed by atoms with Crippen molar-refractivity contribution < 1.29 is 14.2 Å². The first-order valence-corrected chi connectivity index (χ1v) is 6.54. The number of hydrogen-bond donors (Lipinski definition) is 3. The molecule has 0 unspecified atom stereocenters. The summed E-state index contributed by atoms with van der Waals surface area (Å²) < 4.78 is 4.32. The molecule has 22 heavy (non-hydrogen) atoms. The fourth-order valence-electron chi connectivity index (χ4n) is 1.59. The third kappa shape index (κ3) is 4.44. The molecule has 0 aliphatic rings. The number of nitrogens with one attached hydrogen (secondary N) is 2. The van der Waals surface area contributed by atoms with E-state index in [-0.39, 0.29) is 30.5 Å². The molecule has 114 valence electrons. The Morgan fingerprint density at radius 3 is 2.55 bits per heavy atom. The molecule has 2 aromatic rings. The van der Waals surface area contributed by atoms with Gasteiger partial charge in [0.05, 0.1) is 0 Å². The van der Waals surface area contributed by atoms with Gasteiger partial charge in [-0.2, -0.15) is 0 Å². The number of nitrogens with two attached hydrogens (primary N) is 1. The van der Waals surface area contributed by atoms with Crippen LogP contribution in [0.15, 0.2) is 41.0 Å². The van der Waals surface area contributed by atoms with Gasteiger partial charge >= 0.3 is 0 Å². The summed E-state index contributed by atoms with van der Waals surface area (Å²) in [6.07, 6.45) is 3.13. The molecule has 1 heterocycles. The Labute approximate surface area is 126 Å². The molecule has 8 nitrogen and oxygen atoms in total. The molecule has 0 aliphatic heterocycles. The molecule has 0 saturated carbocycles. The van der Waals surface area contributed by atoms with Crippen LogP contribution in [0.3, 0.4) is 0 Å². The van der Waals surface area contributed by atoms with E-state index in [2.05, 4.69) is 25.6 Å². The van der Waals surface area contributed by atoms with Crippen LogP contribution in [0.5, 0.6) is 0 Å². The number of rotatable bonds is 6. The van der Waals surface area contributed by atoms with Gasteiger partial charge in [0.1, 0.15) is 0 Å². The van der Waals surface area contributed by atoms with Crippen LogP contribution in [0.2, 0.25) is 0 Å². The first kappa shape index (κ1) is 15.2. The van der Waals surface area contributed by atoms with E-state index in [0.717, 1.165) is 5.56 Å². The lowest BCUT2D eigenvalue weighted by molar-refractivity contribution is -0.116. The minimum absolute atomic E-state index is 0.0738. The monoisotopic (exact) mass is 301 g/mol. The zero-order valence-electron chi connectivity index (χ0n) is 11.7. The maximum Gasteiger partial charge on any atom is 0.277 e. The molecule has 1 aromatic carbocycles. The quantitative estimate of drug-likeness (QED) is 0.518. The van der Waals surface area contributed by atoms with Gasteiger partial charge in [-0.1, -0.05) is 30.3 Å². The molecule has 0 saturated heterocycles. The molecule has 2 rings (SSSR count). The summed E-state index contributed by atoms with van der Waals surface area (Å²) in [6.45, 7) is 0.505. The molecule has 0 fully saturated rings. The lowest BCUT2D eigenvalue weighted by Crippen LogP contribution is -2.34. The van der Waals surface area contributed by atoms with Gasteiger partial charge in [-0.15, -0.1) is 0 Å². The predicted molar refractivity (Wildman–Crippen MR) is 79.5 cm³/mol. The molecule has 8 heteroatoms. The van der Waals surface area contributed by atoms with Crippen molar-refractivity contribution in [3.63, 3.8) is 0 Å². The number of amides is 2. The van der Waals surface area contributed by atoms with E-state index < -0.39 is 5.91 Å². The van der Waals surface area contributed by atoms with Crippen LogP contribution in [-0.4, -0.2) is 35.2 Å². The molecule has 0 bridgehead atoms. The van der Waals surface area contributed by atoms with Crippen LogP contribution in [0.25, 0.3) is 6.08 Å². The van der Waals surface area contributed by atoms with Gasteiger partial charge in [-0.25, -0.2) is 4.63 Å². The van der Waals surface area contributed by atoms with E-state index in [9.17, 15) is 9.59 Å². The third-order valence-corrected chi connectivity index (χ3v) is 2.67. The summed E-state index contributed by atoms with van der Waals surface area (Å²) in [4.78, 5) is 23.2. The first-order chi connectivity index (χ1) is 10.7. The predicted octanol–water partition coefficient (Wildman–Crippen LogP) is 0.211. The normalized spacial score (nSPS) is 10.5. The summed E-state index contributed by atoms with van der Waals surface area (Å²) in [7, 11) is 0. The largest absolute Gasteiger partial charge is 0.379 e. The maximum atomic E-state index is 11.6. The number of benzene rings is 1. The van der Waals surface area contributed by atoms with E-state index in [4.69, 9.17) is 5.73 Å². The maximum absolute atomic E-state index is 11.6. The van der Waals surface area contributed by atoms with Crippen molar-refractivity contribution in [3.05, 3.63) is 47.7 Å². The minimum atomic E-state index is -0.507. The smallest absolute Gasteiger partial charge is 0.277 e. The summed E-state index contributed by atoms with van der Waals surface area (Å²) in [6, 6.07) is 9.45. The zero-order chi connectivity index (χ0) is 15.8. The van der Waals surface area contributed by atoms with E-state index in [1.807, 2.05) is 30.3 Å². The second-order valence-electron chi connectivity index (χ2n) is 4.29. The van der Waals surface area contributed by atoms with Crippen molar-refractivity contribution in [2.45, 2.75) is 0 Å². The van der Waals surface area contributed by atoms with E-state index in [1.54, 1.807) is 6.08 Å². The summed E-state index contributed by atoms with van der Waals surface area (Å²) in [5.41, 5.74) is 6.24. The van der Waals surface area contributed by atoms with Crippen LogP contribution in [0, 0.1) is 0 Å². The highest BCUT2D eigenvalue weighted by Gasteiger charge is 2.14. The van der Waals surface area contributed by atoms with E-state index in [0.29, 0.717) is 0 Å². The molecule has 0 atom stereocenters. The molecule has 0 spiro atoms. The van der Waals surface area contributed by atoms with Crippen LogP contribution in [-0.2, 0) is 4.79 Å². The number of carbonyl (C=O) groups excluding carboxylic acids is 2. The second-order valence-corrected chi connectivity index (χ2v) is 4.29. The number of nitrogen functional groups attached to an aromatic ring is 1. The highest BCUT2D eigenvalue weighted by molar-refractivity contribution is 5.96. The van der Waals surface area contributed by atoms with Crippen molar-refractivity contribution in [3.8, 4) is 0 Å².